The van der Waals surface area contributed by atoms with Crippen LogP contribution in [0.25, 0.3) is 0 Å². The molecular weight excluding hydrogens is 292 g/mol. The summed E-state index contributed by atoms with van der Waals surface area (Å²) in [5, 5.41) is 9.01. The number of hydrogen-bond donors (Lipinski definition) is 1. The topological polar surface area (TPSA) is 45.2 Å². The van der Waals surface area contributed by atoms with Crippen LogP contribution in [0.15, 0.2) is 18.2 Å². The highest BCUT2D eigenvalue weighted by atomic mass is 16.6. The van der Waals surface area contributed by atoms with Gasteiger partial charge in [-0.15, -0.1) is 0 Å². The van der Waals surface area contributed by atoms with Crippen molar-refractivity contribution in [2.45, 2.75) is 19.4 Å². The molecule has 1 aromatic carbocycles. The van der Waals surface area contributed by atoms with Gasteiger partial charge in [0, 0.05) is 19.6 Å². The number of β-amino-alcohol motifs (C(OH)–C–C–N with tert-alkyl or cyclic N) is 1. The largest absolute Gasteiger partial charge is 0.486 e. The zero-order valence-electron chi connectivity index (χ0n) is 14.0. The first-order valence-electron chi connectivity index (χ1n) is 8.65. The maximum absolute atomic E-state index is 9.01. The van der Waals surface area contributed by atoms with E-state index in [2.05, 4.69) is 29.0 Å². The Morgan fingerprint density at radius 3 is 2.65 bits per heavy atom. The molecule has 5 heteroatoms. The number of aliphatic hydroxyl groups excluding tert-OH is 1. The van der Waals surface area contributed by atoms with E-state index in [0.717, 1.165) is 50.1 Å². The van der Waals surface area contributed by atoms with Crippen LogP contribution in [-0.2, 0) is 6.54 Å². The Balaban J connectivity index is 1.47. The van der Waals surface area contributed by atoms with E-state index in [0.29, 0.717) is 13.2 Å². The molecule has 0 bridgehead atoms. The number of nitrogens with zero attached hydrogens (tertiary/aromatic N) is 2. The van der Waals surface area contributed by atoms with Gasteiger partial charge in [-0.3, -0.25) is 0 Å². The van der Waals surface area contributed by atoms with E-state index >= 15 is 0 Å². The zero-order valence-corrected chi connectivity index (χ0v) is 14.0. The summed E-state index contributed by atoms with van der Waals surface area (Å²) in [5.41, 5.74) is 1.27. The molecule has 5 nitrogen and oxygen atoms in total. The molecule has 2 aliphatic rings. The van der Waals surface area contributed by atoms with Crippen molar-refractivity contribution in [2.75, 3.05) is 53.0 Å². The second-order valence-electron chi connectivity index (χ2n) is 6.68. The molecule has 0 saturated carbocycles. The molecule has 1 saturated heterocycles. The SMILES string of the molecule is CN(Cc1ccc2c(c1)OCCO2)CC1CCN(CCO)CC1. The third-order valence-electron chi connectivity index (χ3n) is 4.75. The van der Waals surface area contributed by atoms with Crippen LogP contribution in [0.3, 0.4) is 0 Å². The van der Waals surface area contributed by atoms with E-state index in [4.69, 9.17) is 14.6 Å². The van der Waals surface area contributed by atoms with E-state index in [1.54, 1.807) is 0 Å². The first kappa shape index (κ1) is 16.6. The summed E-state index contributed by atoms with van der Waals surface area (Å²) in [4.78, 5) is 4.76. The summed E-state index contributed by atoms with van der Waals surface area (Å²) >= 11 is 0. The molecule has 3 rings (SSSR count). The van der Waals surface area contributed by atoms with Crippen LogP contribution < -0.4 is 9.47 Å². The highest BCUT2D eigenvalue weighted by molar-refractivity contribution is 5.43. The van der Waals surface area contributed by atoms with Crippen molar-refractivity contribution in [3.8, 4) is 11.5 Å². The molecule has 128 valence electrons. The van der Waals surface area contributed by atoms with Gasteiger partial charge in [0.15, 0.2) is 11.5 Å². The minimum absolute atomic E-state index is 0.273. The molecular formula is C18H28N2O3. The van der Waals surface area contributed by atoms with Gasteiger partial charge in [0.25, 0.3) is 0 Å². The number of piperidine rings is 1. The fourth-order valence-electron chi connectivity index (χ4n) is 3.54. The van der Waals surface area contributed by atoms with Crippen molar-refractivity contribution < 1.29 is 14.6 Å². The van der Waals surface area contributed by atoms with Gasteiger partial charge in [-0.25, -0.2) is 0 Å². The van der Waals surface area contributed by atoms with E-state index in [9.17, 15) is 0 Å². The summed E-state index contributed by atoms with van der Waals surface area (Å²) in [6.07, 6.45) is 2.46. The lowest BCUT2D eigenvalue weighted by molar-refractivity contribution is 0.129. The van der Waals surface area contributed by atoms with Crippen LogP contribution in [0.5, 0.6) is 11.5 Å². The normalized spacial score (nSPS) is 19.3. The predicted octanol–water partition coefficient (Wildman–Crippen LogP) is 1.59. The lowest BCUT2D eigenvalue weighted by atomic mass is 9.96. The second-order valence-corrected chi connectivity index (χ2v) is 6.68. The van der Waals surface area contributed by atoms with Crippen LogP contribution in [0.2, 0.25) is 0 Å². The Morgan fingerprint density at radius 1 is 1.17 bits per heavy atom. The number of hydrogen-bond acceptors (Lipinski definition) is 5. The molecule has 1 aromatic rings. The van der Waals surface area contributed by atoms with E-state index in [1.807, 2.05) is 6.07 Å². The van der Waals surface area contributed by atoms with Crippen LogP contribution in [0.1, 0.15) is 18.4 Å². The van der Waals surface area contributed by atoms with Gasteiger partial charge >= 0.3 is 0 Å². The Labute approximate surface area is 138 Å². The predicted molar refractivity (Wildman–Crippen MR) is 90.0 cm³/mol. The third kappa shape index (κ3) is 4.59. The number of likely N-dealkylation sites (tertiary alicyclic amines) is 1. The highest BCUT2D eigenvalue weighted by Gasteiger charge is 2.20. The quantitative estimate of drug-likeness (QED) is 0.862. The van der Waals surface area contributed by atoms with Crippen molar-refractivity contribution in [3.05, 3.63) is 23.8 Å². The van der Waals surface area contributed by atoms with Gasteiger partial charge in [-0.2, -0.15) is 0 Å². The van der Waals surface area contributed by atoms with Crippen LogP contribution in [0.4, 0.5) is 0 Å². The lowest BCUT2D eigenvalue weighted by Crippen LogP contribution is -2.38. The Hall–Kier alpha value is -1.30. The van der Waals surface area contributed by atoms with E-state index in [1.165, 1.54) is 18.4 Å². The summed E-state index contributed by atoms with van der Waals surface area (Å²) < 4.78 is 11.2. The van der Waals surface area contributed by atoms with Crippen LogP contribution >= 0.6 is 0 Å². The molecule has 0 radical (unpaired) electrons. The molecule has 0 aliphatic carbocycles. The lowest BCUT2D eigenvalue weighted by Gasteiger charge is -2.33. The van der Waals surface area contributed by atoms with Gasteiger partial charge in [0.05, 0.1) is 6.61 Å². The Kier molecular flexibility index (Phi) is 5.75. The van der Waals surface area contributed by atoms with Crippen molar-refractivity contribution in [1.82, 2.24) is 9.80 Å². The maximum Gasteiger partial charge on any atom is 0.161 e. The standard InChI is InChI=1S/C18H28N2O3/c1-19(13-15-4-6-20(7-5-15)8-9-21)14-16-2-3-17-18(12-16)23-11-10-22-17/h2-3,12,15,21H,4-11,13-14H2,1H3. The van der Waals surface area contributed by atoms with Crippen molar-refractivity contribution in [3.63, 3.8) is 0 Å². The first-order chi connectivity index (χ1) is 11.2. The molecule has 1 fully saturated rings. The van der Waals surface area contributed by atoms with Crippen molar-refractivity contribution >= 4 is 0 Å². The van der Waals surface area contributed by atoms with Crippen molar-refractivity contribution in [2.24, 2.45) is 5.92 Å². The number of ether oxygens (including phenoxy) is 2. The minimum Gasteiger partial charge on any atom is -0.486 e. The summed E-state index contributed by atoms with van der Waals surface area (Å²) in [6, 6.07) is 6.26. The van der Waals surface area contributed by atoms with Crippen LogP contribution in [0, 0.1) is 5.92 Å². The molecule has 0 spiro atoms. The van der Waals surface area contributed by atoms with Gasteiger partial charge in [0.2, 0.25) is 0 Å². The summed E-state index contributed by atoms with van der Waals surface area (Å²) in [6.45, 7) is 6.66. The summed E-state index contributed by atoms with van der Waals surface area (Å²) in [7, 11) is 2.19. The Bertz CT molecular complexity index is 501. The third-order valence-corrected chi connectivity index (χ3v) is 4.75. The first-order valence-corrected chi connectivity index (χ1v) is 8.65. The van der Waals surface area contributed by atoms with Crippen molar-refractivity contribution in [1.29, 1.82) is 0 Å². The summed E-state index contributed by atoms with van der Waals surface area (Å²) in [5.74, 6) is 2.49. The highest BCUT2D eigenvalue weighted by Crippen LogP contribution is 2.31. The monoisotopic (exact) mass is 320 g/mol. The van der Waals surface area contributed by atoms with Gasteiger partial charge < -0.3 is 24.4 Å². The average Bonchev–Trinajstić information content (AvgIpc) is 2.57. The minimum atomic E-state index is 0.273. The number of benzene rings is 1. The van der Waals surface area contributed by atoms with Crippen LogP contribution in [-0.4, -0.2) is 68.0 Å². The molecule has 0 atom stereocenters. The number of fused-ring (bicyclic) bond motifs is 1. The van der Waals surface area contributed by atoms with E-state index in [-0.39, 0.29) is 6.61 Å². The average molecular weight is 320 g/mol. The molecule has 0 aromatic heterocycles. The molecule has 1 N–H and O–H groups in total. The van der Waals surface area contributed by atoms with E-state index < -0.39 is 0 Å². The molecule has 2 heterocycles. The number of rotatable bonds is 6. The fraction of sp³-hybridized carbons (Fsp3) is 0.667. The number of aliphatic hydroxyl groups is 1. The second kappa shape index (κ2) is 7.99. The molecule has 23 heavy (non-hydrogen) atoms. The maximum atomic E-state index is 9.01. The molecule has 0 amide bonds. The molecule has 2 aliphatic heterocycles. The van der Waals surface area contributed by atoms with Gasteiger partial charge in [-0.1, -0.05) is 6.07 Å². The van der Waals surface area contributed by atoms with Gasteiger partial charge in [0.1, 0.15) is 13.2 Å². The molecule has 0 unspecified atom stereocenters. The smallest absolute Gasteiger partial charge is 0.161 e. The fourth-order valence-corrected chi connectivity index (χ4v) is 3.54. The zero-order chi connectivity index (χ0) is 16.1. The van der Waals surface area contributed by atoms with Gasteiger partial charge in [-0.05, 0) is 56.6 Å². The Morgan fingerprint density at radius 2 is 1.91 bits per heavy atom.